The fraction of sp³-hybridized carbons (Fsp3) is 0.250. The highest BCUT2D eigenvalue weighted by Gasteiger charge is 2.47. The number of carbonyl (C=O) groups excluding carboxylic acids is 2. The molecule has 3 atom stereocenters. The lowest BCUT2D eigenvalue weighted by molar-refractivity contribution is -0.0262. The standard InChI is InChI=1S/C16H15ClFN3O4/c17-10-3-1-9(2-4-10)14(23)16(19)12(18)7-21(15(24)20-16)13-6-5-11(8-22)25-13/h1-7,11,13,22H,8,19H2,(H,20,24)/t11-,13+,16?/m0/s1. The number of aliphatic hydroxyl groups is 1. The van der Waals surface area contributed by atoms with E-state index >= 15 is 0 Å². The van der Waals surface area contributed by atoms with E-state index in [9.17, 15) is 14.0 Å². The zero-order valence-electron chi connectivity index (χ0n) is 12.9. The molecule has 2 aliphatic heterocycles. The van der Waals surface area contributed by atoms with Crippen molar-refractivity contribution in [2.75, 3.05) is 6.61 Å². The predicted octanol–water partition coefficient (Wildman–Crippen LogP) is 1.29. The number of hydrogen-bond donors (Lipinski definition) is 3. The fourth-order valence-electron chi connectivity index (χ4n) is 2.51. The van der Waals surface area contributed by atoms with Gasteiger partial charge < -0.3 is 15.2 Å². The Morgan fingerprint density at radius 2 is 2.08 bits per heavy atom. The quantitative estimate of drug-likeness (QED) is 0.549. The van der Waals surface area contributed by atoms with Crippen LogP contribution in [0.3, 0.4) is 0 Å². The van der Waals surface area contributed by atoms with Crippen LogP contribution >= 0.6 is 11.6 Å². The molecule has 0 fully saturated rings. The Hall–Kier alpha value is -2.26. The zero-order chi connectivity index (χ0) is 18.2. The molecule has 1 aromatic carbocycles. The van der Waals surface area contributed by atoms with Crippen LogP contribution in [0.2, 0.25) is 5.02 Å². The number of amides is 2. The van der Waals surface area contributed by atoms with Gasteiger partial charge in [0.2, 0.25) is 11.4 Å². The first-order valence-corrected chi connectivity index (χ1v) is 7.75. The van der Waals surface area contributed by atoms with Crippen LogP contribution in [0.5, 0.6) is 0 Å². The van der Waals surface area contributed by atoms with Gasteiger partial charge in [0.15, 0.2) is 12.1 Å². The average molecular weight is 368 g/mol. The van der Waals surface area contributed by atoms with Crippen molar-refractivity contribution >= 4 is 23.4 Å². The van der Waals surface area contributed by atoms with Crippen LogP contribution in [-0.2, 0) is 4.74 Å². The van der Waals surface area contributed by atoms with Crippen LogP contribution in [0.1, 0.15) is 10.4 Å². The average Bonchev–Trinajstić information content (AvgIpc) is 3.07. The summed E-state index contributed by atoms with van der Waals surface area (Å²) in [6, 6.07) is 4.89. The summed E-state index contributed by atoms with van der Waals surface area (Å²) in [5.74, 6) is -1.86. The normalized spacial score (nSPS) is 28.7. The van der Waals surface area contributed by atoms with Crippen molar-refractivity contribution in [3.63, 3.8) is 0 Å². The van der Waals surface area contributed by atoms with Crippen molar-refractivity contribution in [1.82, 2.24) is 10.2 Å². The van der Waals surface area contributed by atoms with Gasteiger partial charge >= 0.3 is 6.03 Å². The number of rotatable bonds is 4. The third-order valence-corrected chi connectivity index (χ3v) is 4.14. The Labute approximate surface area is 147 Å². The summed E-state index contributed by atoms with van der Waals surface area (Å²) in [7, 11) is 0. The second-order valence-corrected chi connectivity index (χ2v) is 6.03. The van der Waals surface area contributed by atoms with Gasteiger partial charge in [-0.15, -0.1) is 0 Å². The van der Waals surface area contributed by atoms with Crippen molar-refractivity contribution in [3.05, 3.63) is 59.0 Å². The molecule has 3 rings (SSSR count). The number of halogens is 2. The van der Waals surface area contributed by atoms with Crippen LogP contribution in [0.4, 0.5) is 9.18 Å². The smallest absolute Gasteiger partial charge is 0.326 e. The van der Waals surface area contributed by atoms with E-state index in [0.717, 1.165) is 11.1 Å². The predicted molar refractivity (Wildman–Crippen MR) is 87.1 cm³/mol. The Morgan fingerprint density at radius 1 is 1.40 bits per heavy atom. The van der Waals surface area contributed by atoms with E-state index in [1.165, 1.54) is 30.3 Å². The lowest BCUT2D eigenvalue weighted by Gasteiger charge is -2.37. The highest BCUT2D eigenvalue weighted by molar-refractivity contribution is 6.30. The van der Waals surface area contributed by atoms with Crippen molar-refractivity contribution in [2.24, 2.45) is 5.73 Å². The summed E-state index contributed by atoms with van der Waals surface area (Å²) >= 11 is 5.76. The summed E-state index contributed by atoms with van der Waals surface area (Å²) in [5, 5.41) is 11.6. The summed E-state index contributed by atoms with van der Waals surface area (Å²) in [6.07, 6.45) is 2.37. The van der Waals surface area contributed by atoms with Gasteiger partial charge in [-0.1, -0.05) is 17.7 Å². The van der Waals surface area contributed by atoms with Gasteiger partial charge in [-0.05, 0) is 30.3 Å². The van der Waals surface area contributed by atoms with Crippen LogP contribution in [-0.4, -0.2) is 46.4 Å². The van der Waals surface area contributed by atoms with Crippen molar-refractivity contribution in [3.8, 4) is 0 Å². The van der Waals surface area contributed by atoms with Crippen LogP contribution in [0.25, 0.3) is 0 Å². The Balaban J connectivity index is 1.86. The molecule has 0 saturated heterocycles. The van der Waals surface area contributed by atoms with E-state index in [0.29, 0.717) is 5.02 Å². The number of nitrogens with one attached hydrogen (secondary N) is 1. The van der Waals surface area contributed by atoms with Crippen LogP contribution < -0.4 is 11.1 Å². The minimum Gasteiger partial charge on any atom is -0.393 e. The van der Waals surface area contributed by atoms with Gasteiger partial charge in [0, 0.05) is 16.8 Å². The van der Waals surface area contributed by atoms with E-state index in [2.05, 4.69) is 5.32 Å². The van der Waals surface area contributed by atoms with Crippen molar-refractivity contribution < 1.29 is 23.8 Å². The maximum absolute atomic E-state index is 14.6. The minimum absolute atomic E-state index is 0.0987. The Morgan fingerprint density at radius 3 is 2.68 bits per heavy atom. The molecule has 0 bridgehead atoms. The van der Waals surface area contributed by atoms with E-state index in [4.69, 9.17) is 27.2 Å². The number of benzene rings is 1. The first kappa shape index (κ1) is 17.6. The van der Waals surface area contributed by atoms with E-state index in [1.807, 2.05) is 0 Å². The third-order valence-electron chi connectivity index (χ3n) is 3.89. The van der Waals surface area contributed by atoms with E-state index in [1.54, 1.807) is 6.08 Å². The monoisotopic (exact) mass is 367 g/mol. The number of aliphatic hydroxyl groups excluding tert-OH is 1. The minimum atomic E-state index is -2.32. The molecular formula is C16H15ClFN3O4. The second kappa shape index (κ2) is 6.57. The summed E-state index contributed by atoms with van der Waals surface area (Å²) < 4.78 is 20.0. The number of Topliss-reactive ketones (excluding diaryl/α,β-unsaturated/α-hetero) is 1. The van der Waals surface area contributed by atoms with Gasteiger partial charge in [-0.2, -0.15) is 0 Å². The molecule has 0 spiro atoms. The van der Waals surface area contributed by atoms with Crippen LogP contribution in [0.15, 0.2) is 48.4 Å². The lowest BCUT2D eigenvalue weighted by Crippen LogP contribution is -2.67. The van der Waals surface area contributed by atoms with Crippen molar-refractivity contribution in [2.45, 2.75) is 18.0 Å². The second-order valence-electron chi connectivity index (χ2n) is 5.59. The molecule has 0 aliphatic carbocycles. The molecule has 2 aliphatic rings. The topological polar surface area (TPSA) is 105 Å². The number of ether oxygens (including phenoxy) is 1. The number of carbonyl (C=O) groups is 2. The van der Waals surface area contributed by atoms with E-state index < -0.39 is 35.6 Å². The van der Waals surface area contributed by atoms with Crippen molar-refractivity contribution in [1.29, 1.82) is 0 Å². The molecule has 9 heteroatoms. The third kappa shape index (κ3) is 3.16. The zero-order valence-corrected chi connectivity index (χ0v) is 13.6. The van der Waals surface area contributed by atoms with Gasteiger partial charge in [-0.25, -0.2) is 9.18 Å². The summed E-state index contributed by atoms with van der Waals surface area (Å²) in [5.41, 5.74) is 3.62. The number of nitrogens with zero attached hydrogens (tertiary/aromatic N) is 1. The molecule has 0 aromatic heterocycles. The van der Waals surface area contributed by atoms with Gasteiger partial charge in [0.25, 0.3) is 0 Å². The Bertz CT molecular complexity index is 767. The molecule has 25 heavy (non-hydrogen) atoms. The van der Waals surface area contributed by atoms with Gasteiger partial charge in [0.05, 0.1) is 6.61 Å². The molecule has 7 nitrogen and oxygen atoms in total. The Kier molecular flexibility index (Phi) is 4.61. The molecule has 132 valence electrons. The highest BCUT2D eigenvalue weighted by atomic mass is 35.5. The highest BCUT2D eigenvalue weighted by Crippen LogP contribution is 2.27. The van der Waals surface area contributed by atoms with E-state index in [-0.39, 0.29) is 12.2 Å². The number of ketones is 1. The fourth-order valence-corrected chi connectivity index (χ4v) is 2.64. The molecule has 2 heterocycles. The van der Waals surface area contributed by atoms with Gasteiger partial charge in [0.1, 0.15) is 6.10 Å². The number of nitrogens with two attached hydrogens (primary N) is 1. The molecular weight excluding hydrogens is 353 g/mol. The first-order chi connectivity index (χ1) is 11.8. The number of hydrogen-bond acceptors (Lipinski definition) is 5. The molecule has 4 N–H and O–H groups in total. The summed E-state index contributed by atoms with van der Waals surface area (Å²) in [4.78, 5) is 25.8. The van der Waals surface area contributed by atoms with Crippen LogP contribution in [0, 0.1) is 0 Å². The largest absolute Gasteiger partial charge is 0.393 e. The maximum Gasteiger partial charge on any atom is 0.326 e. The SMILES string of the molecule is NC1(C(=O)c2ccc(Cl)cc2)NC(=O)N([C@H]2C=C[C@@H](CO)O2)C=C1F. The molecule has 2 amide bonds. The number of urea groups is 1. The summed E-state index contributed by atoms with van der Waals surface area (Å²) in [6.45, 7) is -0.273. The lowest BCUT2D eigenvalue weighted by atomic mass is 9.96. The molecule has 1 aromatic rings. The maximum atomic E-state index is 14.6. The molecule has 0 radical (unpaired) electrons. The first-order valence-electron chi connectivity index (χ1n) is 7.37. The van der Waals surface area contributed by atoms with Gasteiger partial charge in [-0.3, -0.25) is 15.4 Å². The molecule has 1 unspecified atom stereocenters. The molecule has 0 saturated carbocycles.